The third-order valence-corrected chi connectivity index (χ3v) is 3.38. The highest BCUT2D eigenvalue weighted by Gasteiger charge is 2.32. The Kier molecular flexibility index (Phi) is 3.65. The Labute approximate surface area is 106 Å². The van der Waals surface area contributed by atoms with Gasteiger partial charge >= 0.3 is 5.97 Å². The molecule has 0 aliphatic heterocycles. The quantitative estimate of drug-likeness (QED) is 0.832. The molecule has 2 rings (SSSR count). The van der Waals surface area contributed by atoms with Crippen molar-refractivity contribution in [1.82, 2.24) is 5.32 Å². The third kappa shape index (κ3) is 3.32. The Morgan fingerprint density at radius 2 is 2.17 bits per heavy atom. The van der Waals surface area contributed by atoms with Crippen LogP contribution < -0.4 is 5.32 Å². The van der Waals surface area contributed by atoms with Crippen molar-refractivity contribution >= 4 is 11.9 Å². The fourth-order valence-electron chi connectivity index (χ4n) is 1.99. The van der Waals surface area contributed by atoms with Crippen LogP contribution in [0.1, 0.15) is 29.3 Å². The van der Waals surface area contributed by atoms with E-state index in [2.05, 4.69) is 12.2 Å². The molecule has 0 radical (unpaired) electrons. The number of hydrogen-bond acceptors (Lipinski definition) is 2. The van der Waals surface area contributed by atoms with Crippen molar-refractivity contribution in [2.45, 2.75) is 19.8 Å². The van der Waals surface area contributed by atoms with E-state index in [4.69, 9.17) is 5.11 Å². The first-order valence-electron chi connectivity index (χ1n) is 6.15. The molecule has 0 spiro atoms. The lowest BCUT2D eigenvalue weighted by Crippen LogP contribution is -2.27. The van der Waals surface area contributed by atoms with E-state index in [1.807, 2.05) is 0 Å². The molecule has 1 amide bonds. The van der Waals surface area contributed by atoms with Crippen molar-refractivity contribution < 1.29 is 14.7 Å². The molecule has 1 aliphatic carbocycles. The lowest BCUT2D eigenvalue weighted by atomic mass is 10.1. The number of aromatic carboxylic acids is 1. The second-order valence-corrected chi connectivity index (χ2v) is 4.96. The number of amides is 1. The average Bonchev–Trinajstić information content (AvgIpc) is 3.03. The van der Waals surface area contributed by atoms with Gasteiger partial charge in [0.15, 0.2) is 0 Å². The summed E-state index contributed by atoms with van der Waals surface area (Å²) in [5, 5.41) is 11.7. The molecular weight excluding hydrogens is 230 g/mol. The molecule has 1 aromatic rings. The van der Waals surface area contributed by atoms with Gasteiger partial charge in [0.05, 0.1) is 12.0 Å². The van der Waals surface area contributed by atoms with Crippen LogP contribution >= 0.6 is 0 Å². The zero-order valence-electron chi connectivity index (χ0n) is 10.3. The van der Waals surface area contributed by atoms with Gasteiger partial charge in [0, 0.05) is 6.54 Å². The summed E-state index contributed by atoms with van der Waals surface area (Å²) in [5.41, 5.74) is 0.951. The molecule has 0 aromatic heterocycles. The van der Waals surface area contributed by atoms with E-state index >= 15 is 0 Å². The molecule has 1 aliphatic rings. The van der Waals surface area contributed by atoms with E-state index in [1.54, 1.807) is 18.2 Å². The predicted molar refractivity (Wildman–Crippen MR) is 67.4 cm³/mol. The molecule has 0 bridgehead atoms. The maximum Gasteiger partial charge on any atom is 0.335 e. The normalized spacial score (nSPS) is 21.4. The molecule has 1 saturated carbocycles. The van der Waals surface area contributed by atoms with Gasteiger partial charge in [-0.2, -0.15) is 0 Å². The van der Waals surface area contributed by atoms with Crippen LogP contribution in [-0.4, -0.2) is 23.5 Å². The fourth-order valence-corrected chi connectivity index (χ4v) is 1.99. The van der Waals surface area contributed by atoms with Gasteiger partial charge in [-0.3, -0.25) is 4.79 Å². The van der Waals surface area contributed by atoms with Crippen molar-refractivity contribution in [3.8, 4) is 0 Å². The molecule has 2 N–H and O–H groups in total. The summed E-state index contributed by atoms with van der Waals surface area (Å²) in [7, 11) is 0. The number of hydrogen-bond donors (Lipinski definition) is 2. The summed E-state index contributed by atoms with van der Waals surface area (Å²) in [6.45, 7) is 2.91. The summed E-state index contributed by atoms with van der Waals surface area (Å²) < 4.78 is 0. The van der Waals surface area contributed by atoms with Crippen LogP contribution in [0.4, 0.5) is 0 Å². The van der Waals surface area contributed by atoms with Gasteiger partial charge in [-0.15, -0.1) is 0 Å². The van der Waals surface area contributed by atoms with E-state index in [-0.39, 0.29) is 17.9 Å². The number of rotatable bonds is 5. The highest BCUT2D eigenvalue weighted by Crippen LogP contribution is 2.36. The van der Waals surface area contributed by atoms with E-state index in [0.717, 1.165) is 18.0 Å². The maximum absolute atomic E-state index is 11.7. The van der Waals surface area contributed by atoms with Crippen LogP contribution in [0.2, 0.25) is 0 Å². The molecule has 4 heteroatoms. The van der Waals surface area contributed by atoms with Gasteiger partial charge in [0.1, 0.15) is 0 Å². The minimum atomic E-state index is -0.968. The van der Waals surface area contributed by atoms with Gasteiger partial charge < -0.3 is 10.4 Å². The van der Waals surface area contributed by atoms with Crippen LogP contribution in [-0.2, 0) is 11.2 Å². The van der Waals surface area contributed by atoms with Gasteiger partial charge in [-0.1, -0.05) is 19.1 Å². The smallest absolute Gasteiger partial charge is 0.335 e. The lowest BCUT2D eigenvalue weighted by molar-refractivity contribution is -0.120. The monoisotopic (exact) mass is 247 g/mol. The SMILES string of the molecule is CC1CC1CNC(=O)Cc1cccc(C(=O)O)c1. The molecule has 4 nitrogen and oxygen atoms in total. The second-order valence-electron chi connectivity index (χ2n) is 4.96. The number of benzene rings is 1. The van der Waals surface area contributed by atoms with E-state index in [9.17, 15) is 9.59 Å². The average molecular weight is 247 g/mol. The van der Waals surface area contributed by atoms with Crippen molar-refractivity contribution in [3.05, 3.63) is 35.4 Å². The summed E-state index contributed by atoms with van der Waals surface area (Å²) >= 11 is 0. The number of carboxylic acids is 1. The van der Waals surface area contributed by atoms with Crippen LogP contribution in [0.3, 0.4) is 0 Å². The van der Waals surface area contributed by atoms with Crippen LogP contribution in [0, 0.1) is 11.8 Å². The highest BCUT2D eigenvalue weighted by molar-refractivity contribution is 5.88. The number of carboxylic acid groups (broad SMARTS) is 1. The molecule has 2 atom stereocenters. The van der Waals surface area contributed by atoms with Crippen molar-refractivity contribution in [2.24, 2.45) is 11.8 Å². The molecule has 0 heterocycles. The summed E-state index contributed by atoms with van der Waals surface area (Å²) in [5.74, 6) is 0.334. The first-order chi connectivity index (χ1) is 8.56. The fraction of sp³-hybridized carbons (Fsp3) is 0.429. The van der Waals surface area contributed by atoms with E-state index in [1.165, 1.54) is 12.5 Å². The minimum Gasteiger partial charge on any atom is -0.478 e. The summed E-state index contributed by atoms with van der Waals surface area (Å²) in [4.78, 5) is 22.5. The zero-order chi connectivity index (χ0) is 13.1. The minimum absolute atomic E-state index is 0.0448. The number of carbonyl (C=O) groups excluding carboxylic acids is 1. The van der Waals surface area contributed by atoms with Crippen LogP contribution in [0.15, 0.2) is 24.3 Å². The number of nitrogens with one attached hydrogen (secondary N) is 1. The summed E-state index contributed by atoms with van der Waals surface area (Å²) in [6.07, 6.45) is 1.43. The lowest BCUT2D eigenvalue weighted by Gasteiger charge is -2.05. The van der Waals surface area contributed by atoms with Crippen molar-refractivity contribution in [3.63, 3.8) is 0 Å². The van der Waals surface area contributed by atoms with Gasteiger partial charge in [-0.05, 0) is 36.0 Å². The molecule has 2 unspecified atom stereocenters. The second kappa shape index (κ2) is 5.21. The van der Waals surface area contributed by atoms with Gasteiger partial charge in [0.25, 0.3) is 0 Å². The Balaban J connectivity index is 1.86. The molecule has 0 saturated heterocycles. The Hall–Kier alpha value is -1.84. The third-order valence-electron chi connectivity index (χ3n) is 3.38. The molecular formula is C14H17NO3. The highest BCUT2D eigenvalue weighted by atomic mass is 16.4. The zero-order valence-corrected chi connectivity index (χ0v) is 10.3. The van der Waals surface area contributed by atoms with Crippen LogP contribution in [0.25, 0.3) is 0 Å². The topological polar surface area (TPSA) is 66.4 Å². The molecule has 1 aromatic carbocycles. The van der Waals surface area contributed by atoms with Crippen molar-refractivity contribution in [2.75, 3.05) is 6.54 Å². The Bertz CT molecular complexity index is 470. The van der Waals surface area contributed by atoms with Gasteiger partial charge in [-0.25, -0.2) is 4.79 Å². The largest absolute Gasteiger partial charge is 0.478 e. The van der Waals surface area contributed by atoms with Crippen LogP contribution in [0.5, 0.6) is 0 Å². The summed E-state index contributed by atoms with van der Waals surface area (Å²) in [6, 6.07) is 6.50. The Morgan fingerprint density at radius 3 is 2.78 bits per heavy atom. The van der Waals surface area contributed by atoms with E-state index in [0.29, 0.717) is 5.92 Å². The molecule has 96 valence electrons. The standard InChI is InChI=1S/C14H17NO3/c1-9-5-12(9)8-15-13(16)7-10-3-2-4-11(6-10)14(17)18/h2-4,6,9,12H,5,7-8H2,1H3,(H,15,16)(H,17,18). The molecule has 18 heavy (non-hydrogen) atoms. The number of carbonyl (C=O) groups is 2. The first kappa shape index (κ1) is 12.6. The van der Waals surface area contributed by atoms with Crippen molar-refractivity contribution in [1.29, 1.82) is 0 Å². The molecule has 1 fully saturated rings. The first-order valence-corrected chi connectivity index (χ1v) is 6.15. The van der Waals surface area contributed by atoms with E-state index < -0.39 is 5.97 Å². The predicted octanol–water partition coefficient (Wildman–Crippen LogP) is 1.70. The van der Waals surface area contributed by atoms with Gasteiger partial charge in [0.2, 0.25) is 5.91 Å². The Morgan fingerprint density at radius 1 is 1.44 bits per heavy atom. The maximum atomic E-state index is 11.7.